The summed E-state index contributed by atoms with van der Waals surface area (Å²) in [6, 6.07) is 0. The van der Waals surface area contributed by atoms with E-state index in [4.69, 9.17) is 9.47 Å². The molecule has 0 aromatic carbocycles. The molecule has 2 aliphatic carbocycles. The molecule has 1 saturated heterocycles. The Morgan fingerprint density at radius 1 is 1.32 bits per heavy atom. The van der Waals surface area contributed by atoms with Gasteiger partial charge in [0.15, 0.2) is 5.78 Å². The topological polar surface area (TPSA) is 69.7 Å². The third kappa shape index (κ3) is 3.05. The molecule has 0 aromatic rings. The van der Waals surface area contributed by atoms with Crippen molar-refractivity contribution in [3.8, 4) is 0 Å². The molecule has 0 amide bonds. The van der Waals surface area contributed by atoms with Crippen molar-refractivity contribution in [3.05, 3.63) is 22.8 Å². The lowest BCUT2D eigenvalue weighted by atomic mass is 9.79. The van der Waals surface area contributed by atoms with Gasteiger partial charge in [0, 0.05) is 30.3 Å². The summed E-state index contributed by atoms with van der Waals surface area (Å²) < 4.78 is 11.5. The van der Waals surface area contributed by atoms with Gasteiger partial charge in [-0.05, 0) is 26.3 Å². The zero-order valence-electron chi connectivity index (χ0n) is 15.3. The van der Waals surface area contributed by atoms with Gasteiger partial charge in [-0.25, -0.2) is 0 Å². The van der Waals surface area contributed by atoms with E-state index in [0.717, 1.165) is 29.6 Å². The summed E-state index contributed by atoms with van der Waals surface area (Å²) in [5.74, 6) is -1.27. The van der Waals surface area contributed by atoms with Crippen LogP contribution in [0.4, 0.5) is 0 Å². The van der Waals surface area contributed by atoms with E-state index in [-0.39, 0.29) is 35.5 Å². The minimum atomic E-state index is -0.429. The molecule has 5 atom stereocenters. The molecule has 5 nitrogen and oxygen atoms in total. The van der Waals surface area contributed by atoms with E-state index < -0.39 is 12.2 Å². The summed E-state index contributed by atoms with van der Waals surface area (Å²) in [5, 5.41) is 0. The van der Waals surface area contributed by atoms with Gasteiger partial charge in [0.05, 0.1) is 5.92 Å². The Bertz CT molecular complexity index is 672. The summed E-state index contributed by atoms with van der Waals surface area (Å²) >= 11 is 0. The zero-order valence-corrected chi connectivity index (χ0v) is 15.3. The molecule has 3 aliphatic rings. The number of hydrogen-bond acceptors (Lipinski definition) is 5. The first-order valence-electron chi connectivity index (χ1n) is 9.17. The van der Waals surface area contributed by atoms with Gasteiger partial charge in [0.2, 0.25) is 0 Å². The van der Waals surface area contributed by atoms with Gasteiger partial charge >= 0.3 is 11.9 Å². The molecule has 1 aliphatic heterocycles. The highest BCUT2D eigenvalue weighted by atomic mass is 16.6. The van der Waals surface area contributed by atoms with Gasteiger partial charge in [-0.15, -0.1) is 0 Å². The lowest BCUT2D eigenvalue weighted by molar-refractivity contribution is -0.153. The van der Waals surface area contributed by atoms with Gasteiger partial charge < -0.3 is 9.47 Å². The predicted octanol–water partition coefficient (Wildman–Crippen LogP) is 3.13. The first-order chi connectivity index (χ1) is 11.8. The third-order valence-electron chi connectivity index (χ3n) is 5.75. The van der Waals surface area contributed by atoms with Crippen molar-refractivity contribution in [2.45, 2.75) is 65.6 Å². The number of unbranched alkanes of at least 4 members (excludes halogenated alkanes) is 1. The normalized spacial score (nSPS) is 34.2. The van der Waals surface area contributed by atoms with E-state index in [1.165, 1.54) is 0 Å². The molecule has 0 radical (unpaired) electrons. The monoisotopic (exact) mass is 346 g/mol. The molecule has 1 fully saturated rings. The minimum Gasteiger partial charge on any atom is -0.462 e. The molecular weight excluding hydrogens is 320 g/mol. The lowest BCUT2D eigenvalue weighted by Crippen LogP contribution is -2.37. The number of fused-ring (bicyclic) bond motifs is 3. The fraction of sp³-hybridized carbons (Fsp3) is 0.650. The summed E-state index contributed by atoms with van der Waals surface area (Å²) in [6.07, 6.45) is 3.37. The van der Waals surface area contributed by atoms with E-state index in [2.05, 4.69) is 0 Å². The number of ketones is 1. The molecule has 0 N–H and O–H groups in total. The first kappa shape index (κ1) is 17.9. The molecule has 0 unspecified atom stereocenters. The quantitative estimate of drug-likeness (QED) is 0.732. The van der Waals surface area contributed by atoms with Crippen LogP contribution in [0.5, 0.6) is 0 Å². The number of allylic oxidation sites excluding steroid dienone is 1. The predicted molar refractivity (Wildman–Crippen MR) is 91.5 cm³/mol. The van der Waals surface area contributed by atoms with Crippen LogP contribution in [-0.4, -0.2) is 29.9 Å². The highest BCUT2D eigenvalue weighted by molar-refractivity contribution is 6.09. The highest BCUT2D eigenvalue weighted by Gasteiger charge is 2.55. The zero-order chi connectivity index (χ0) is 18.3. The van der Waals surface area contributed by atoms with E-state index in [1.807, 2.05) is 27.7 Å². The first-order valence-corrected chi connectivity index (χ1v) is 9.17. The van der Waals surface area contributed by atoms with Crippen LogP contribution in [0.25, 0.3) is 0 Å². The van der Waals surface area contributed by atoms with Crippen LogP contribution in [-0.2, 0) is 23.9 Å². The van der Waals surface area contributed by atoms with Crippen LogP contribution in [0.3, 0.4) is 0 Å². The lowest BCUT2D eigenvalue weighted by Gasteiger charge is -2.29. The number of ether oxygens (including phenoxy) is 2. The van der Waals surface area contributed by atoms with Crippen LogP contribution in [0.15, 0.2) is 22.8 Å². The molecule has 0 aromatic heterocycles. The molecule has 0 spiro atoms. The van der Waals surface area contributed by atoms with Crippen LogP contribution in [0.2, 0.25) is 0 Å². The van der Waals surface area contributed by atoms with Crippen molar-refractivity contribution in [2.75, 3.05) is 0 Å². The standard InChI is InChI=1S/C20H26O5/c1-5-6-7-15(22)24-14-9-11(3)16-13(21)8-10(2)17(16)19-18(14)12(4)20(23)25-19/h8,12,14,17-19H,5-7,9H2,1-4H3/t12-,14-,17-,18+,19+/m0/s1. The van der Waals surface area contributed by atoms with Gasteiger partial charge in [-0.1, -0.05) is 31.4 Å². The maximum atomic E-state index is 12.4. The van der Waals surface area contributed by atoms with E-state index in [9.17, 15) is 14.4 Å². The summed E-state index contributed by atoms with van der Waals surface area (Å²) in [7, 11) is 0. The Kier molecular flexibility index (Phi) is 4.85. The number of carbonyl (C=O) groups excluding carboxylic acids is 3. The van der Waals surface area contributed by atoms with E-state index in [0.29, 0.717) is 12.8 Å². The largest absolute Gasteiger partial charge is 0.462 e. The summed E-state index contributed by atoms with van der Waals surface area (Å²) in [5.41, 5.74) is 2.59. The van der Waals surface area contributed by atoms with Crippen molar-refractivity contribution in [1.82, 2.24) is 0 Å². The Hall–Kier alpha value is -1.91. The van der Waals surface area contributed by atoms with Crippen LogP contribution >= 0.6 is 0 Å². The second-order valence-electron chi connectivity index (χ2n) is 7.53. The summed E-state index contributed by atoms with van der Waals surface area (Å²) in [6.45, 7) is 7.68. The van der Waals surface area contributed by atoms with Crippen LogP contribution in [0.1, 0.15) is 53.4 Å². The Morgan fingerprint density at radius 2 is 2.04 bits per heavy atom. The molecule has 25 heavy (non-hydrogen) atoms. The molecule has 0 bridgehead atoms. The molecule has 1 heterocycles. The van der Waals surface area contributed by atoms with Crippen molar-refractivity contribution in [1.29, 1.82) is 0 Å². The number of hydrogen-bond donors (Lipinski definition) is 0. The molecular formula is C20H26O5. The maximum absolute atomic E-state index is 12.4. The van der Waals surface area contributed by atoms with Gasteiger partial charge in [0.25, 0.3) is 0 Å². The summed E-state index contributed by atoms with van der Waals surface area (Å²) in [4.78, 5) is 36.9. The third-order valence-corrected chi connectivity index (χ3v) is 5.75. The van der Waals surface area contributed by atoms with Crippen molar-refractivity contribution < 1.29 is 23.9 Å². The maximum Gasteiger partial charge on any atom is 0.309 e. The fourth-order valence-electron chi connectivity index (χ4n) is 4.46. The molecule has 5 heteroatoms. The van der Waals surface area contributed by atoms with Crippen LogP contribution < -0.4 is 0 Å². The average molecular weight is 346 g/mol. The van der Waals surface area contributed by atoms with Crippen molar-refractivity contribution >= 4 is 17.7 Å². The second kappa shape index (κ2) is 6.77. The highest BCUT2D eigenvalue weighted by Crippen LogP contribution is 2.48. The van der Waals surface area contributed by atoms with E-state index in [1.54, 1.807) is 6.08 Å². The average Bonchev–Trinajstić information content (AvgIpc) is 2.95. The Morgan fingerprint density at radius 3 is 2.72 bits per heavy atom. The smallest absolute Gasteiger partial charge is 0.309 e. The van der Waals surface area contributed by atoms with Crippen LogP contribution in [0, 0.1) is 17.8 Å². The number of rotatable bonds is 4. The number of carbonyl (C=O) groups is 3. The van der Waals surface area contributed by atoms with E-state index >= 15 is 0 Å². The van der Waals surface area contributed by atoms with Crippen molar-refractivity contribution in [3.63, 3.8) is 0 Å². The Balaban J connectivity index is 1.94. The number of esters is 2. The van der Waals surface area contributed by atoms with Gasteiger partial charge in [-0.2, -0.15) is 0 Å². The van der Waals surface area contributed by atoms with Gasteiger partial charge in [0.1, 0.15) is 12.2 Å². The molecule has 3 rings (SSSR count). The minimum absolute atomic E-state index is 0.00712. The second-order valence-corrected chi connectivity index (χ2v) is 7.53. The molecule has 136 valence electrons. The molecule has 0 saturated carbocycles. The fourth-order valence-corrected chi connectivity index (χ4v) is 4.46. The van der Waals surface area contributed by atoms with Crippen molar-refractivity contribution in [2.24, 2.45) is 17.8 Å². The van der Waals surface area contributed by atoms with Gasteiger partial charge in [-0.3, -0.25) is 14.4 Å². The Labute approximate surface area is 148 Å². The SMILES string of the molecule is CCCCC(=O)O[C@H]1CC(C)=C2C(=O)C=C(C)[C@@H]2[C@H]2OC(=O)[C@@H](C)[C@@H]21.